The van der Waals surface area contributed by atoms with Crippen molar-refractivity contribution in [3.63, 3.8) is 0 Å². The molecule has 0 bridgehead atoms. The maximum atomic E-state index is 12.2. The summed E-state index contributed by atoms with van der Waals surface area (Å²) in [4.78, 5) is 35.0. The van der Waals surface area contributed by atoms with Crippen molar-refractivity contribution in [2.75, 3.05) is 0 Å². The van der Waals surface area contributed by atoms with E-state index in [4.69, 9.17) is 16.7 Å². The molecule has 0 saturated carbocycles. The number of rotatable bonds is 4. The van der Waals surface area contributed by atoms with E-state index in [0.29, 0.717) is 10.6 Å². The van der Waals surface area contributed by atoms with Crippen LogP contribution in [0.5, 0.6) is 0 Å². The largest absolute Gasteiger partial charge is 0.480 e. The smallest absolute Gasteiger partial charge is 0.327 e. The van der Waals surface area contributed by atoms with Crippen molar-refractivity contribution >= 4 is 34.9 Å². The fourth-order valence-corrected chi connectivity index (χ4v) is 2.66. The summed E-state index contributed by atoms with van der Waals surface area (Å²) in [6, 6.07) is 6.42. The Hall–Kier alpha value is -1.92. The third kappa shape index (κ3) is 2.81. The van der Waals surface area contributed by atoms with Gasteiger partial charge in [0, 0.05) is 16.7 Å². The van der Waals surface area contributed by atoms with Crippen molar-refractivity contribution in [2.45, 2.75) is 13.0 Å². The first-order valence-corrected chi connectivity index (χ1v) is 6.81. The highest BCUT2D eigenvalue weighted by Gasteiger charge is 2.20. The molecule has 0 fully saturated rings. The van der Waals surface area contributed by atoms with Crippen molar-refractivity contribution in [1.82, 2.24) is 3.96 Å². The molecule has 104 valence electrons. The molecule has 5 nitrogen and oxygen atoms in total. The van der Waals surface area contributed by atoms with E-state index in [-0.39, 0.29) is 10.7 Å². The van der Waals surface area contributed by atoms with Crippen molar-refractivity contribution in [3.8, 4) is 0 Å². The summed E-state index contributed by atoms with van der Waals surface area (Å²) in [6.07, 6.45) is 0. The van der Waals surface area contributed by atoms with Gasteiger partial charge in [-0.3, -0.25) is 9.59 Å². The number of aliphatic carboxylic acids is 1. The van der Waals surface area contributed by atoms with Crippen LogP contribution in [0.2, 0.25) is 5.02 Å². The molecule has 0 amide bonds. The van der Waals surface area contributed by atoms with E-state index >= 15 is 0 Å². The Morgan fingerprint density at radius 3 is 2.45 bits per heavy atom. The average Bonchev–Trinajstić information content (AvgIpc) is 2.80. The third-order valence-electron chi connectivity index (χ3n) is 2.71. The van der Waals surface area contributed by atoms with Gasteiger partial charge in [-0.2, -0.15) is 0 Å². The number of carbonyl (C=O) groups excluding carboxylic acids is 1. The Balaban J connectivity index is 2.37. The van der Waals surface area contributed by atoms with E-state index in [0.717, 1.165) is 21.6 Å². The molecule has 2 rings (SSSR count). The second-order valence-electron chi connectivity index (χ2n) is 4.11. The molecule has 20 heavy (non-hydrogen) atoms. The van der Waals surface area contributed by atoms with Gasteiger partial charge in [0.1, 0.15) is 6.04 Å². The van der Waals surface area contributed by atoms with Crippen molar-refractivity contribution in [2.24, 2.45) is 0 Å². The highest BCUT2D eigenvalue weighted by Crippen LogP contribution is 2.18. The van der Waals surface area contributed by atoms with E-state index in [2.05, 4.69) is 0 Å². The molecule has 1 N–H and O–H groups in total. The number of carboxylic acid groups (broad SMARTS) is 1. The lowest BCUT2D eigenvalue weighted by Gasteiger charge is -2.04. The quantitative estimate of drug-likeness (QED) is 0.880. The van der Waals surface area contributed by atoms with Gasteiger partial charge >= 0.3 is 5.97 Å². The zero-order chi connectivity index (χ0) is 14.9. The van der Waals surface area contributed by atoms with Crippen LogP contribution in [0.3, 0.4) is 0 Å². The highest BCUT2D eigenvalue weighted by molar-refractivity contribution is 7.09. The normalized spacial score (nSPS) is 12.1. The Kier molecular flexibility index (Phi) is 4.06. The standard InChI is InChI=1S/C13H10ClNO4S/c1-7(13(18)19)15-11(16)6-10(20-15)12(17)8-2-4-9(14)5-3-8/h2-7H,1H3,(H,18,19). The fourth-order valence-electron chi connectivity index (χ4n) is 1.57. The molecule has 1 unspecified atom stereocenters. The molecule has 0 spiro atoms. The van der Waals surface area contributed by atoms with Crippen LogP contribution in [0.1, 0.15) is 28.2 Å². The number of hydrogen-bond acceptors (Lipinski definition) is 4. The van der Waals surface area contributed by atoms with Gasteiger partial charge in [0.15, 0.2) is 0 Å². The number of nitrogens with zero attached hydrogens (tertiary/aromatic N) is 1. The maximum Gasteiger partial charge on any atom is 0.327 e. The van der Waals surface area contributed by atoms with Crippen LogP contribution >= 0.6 is 23.1 Å². The predicted molar refractivity (Wildman–Crippen MR) is 75.8 cm³/mol. The molecule has 2 aromatic rings. The van der Waals surface area contributed by atoms with Gasteiger partial charge in [-0.25, -0.2) is 8.75 Å². The number of hydrogen-bond donors (Lipinski definition) is 1. The first-order chi connectivity index (χ1) is 9.40. The molecule has 0 radical (unpaired) electrons. The van der Waals surface area contributed by atoms with Gasteiger partial charge in [-0.05, 0) is 31.2 Å². The minimum absolute atomic E-state index is 0.199. The molecule has 1 heterocycles. The van der Waals surface area contributed by atoms with Gasteiger partial charge in [0.05, 0.1) is 4.88 Å². The molecule has 1 atom stereocenters. The van der Waals surface area contributed by atoms with Gasteiger partial charge < -0.3 is 5.11 Å². The van der Waals surface area contributed by atoms with Crippen molar-refractivity contribution in [3.05, 3.63) is 56.1 Å². The van der Waals surface area contributed by atoms with E-state index < -0.39 is 17.6 Å². The highest BCUT2D eigenvalue weighted by atomic mass is 35.5. The minimum Gasteiger partial charge on any atom is -0.480 e. The first-order valence-electron chi connectivity index (χ1n) is 5.66. The predicted octanol–water partition coefficient (Wildman–Crippen LogP) is 2.44. The van der Waals surface area contributed by atoms with Crippen molar-refractivity contribution in [1.29, 1.82) is 0 Å². The second-order valence-corrected chi connectivity index (χ2v) is 5.57. The number of halogens is 1. The van der Waals surface area contributed by atoms with Crippen LogP contribution < -0.4 is 5.56 Å². The van der Waals surface area contributed by atoms with Gasteiger partial charge in [0.25, 0.3) is 5.56 Å². The molecule has 1 aromatic heterocycles. The summed E-state index contributed by atoms with van der Waals surface area (Å²) in [5.74, 6) is -1.46. The summed E-state index contributed by atoms with van der Waals surface area (Å²) in [6.45, 7) is 1.39. The van der Waals surface area contributed by atoms with Crippen LogP contribution in [-0.2, 0) is 4.79 Å². The third-order valence-corrected chi connectivity index (χ3v) is 4.15. The lowest BCUT2D eigenvalue weighted by molar-refractivity contribution is -0.140. The van der Waals surface area contributed by atoms with E-state index in [9.17, 15) is 14.4 Å². The van der Waals surface area contributed by atoms with Crippen molar-refractivity contribution < 1.29 is 14.7 Å². The summed E-state index contributed by atoms with van der Waals surface area (Å²) >= 11 is 6.58. The van der Waals surface area contributed by atoms with Gasteiger partial charge in [0.2, 0.25) is 5.78 Å². The van der Waals surface area contributed by atoms with Gasteiger partial charge in [-0.15, -0.1) is 0 Å². The summed E-state index contributed by atoms with van der Waals surface area (Å²) < 4.78 is 1.06. The topological polar surface area (TPSA) is 76.4 Å². The van der Waals surface area contributed by atoms with Crippen LogP contribution in [0.4, 0.5) is 0 Å². The van der Waals surface area contributed by atoms with E-state index in [1.165, 1.54) is 6.92 Å². The Morgan fingerprint density at radius 2 is 1.90 bits per heavy atom. The van der Waals surface area contributed by atoms with Crippen LogP contribution in [0.25, 0.3) is 0 Å². The summed E-state index contributed by atoms with van der Waals surface area (Å²) in [5, 5.41) is 9.41. The Labute approximate surface area is 123 Å². The van der Waals surface area contributed by atoms with E-state index in [1.807, 2.05) is 0 Å². The first kappa shape index (κ1) is 14.5. The molecule has 0 saturated heterocycles. The number of carboxylic acids is 1. The SMILES string of the molecule is CC(C(=O)O)n1sc(C(=O)c2ccc(Cl)cc2)cc1=O. The molecule has 0 aliphatic rings. The zero-order valence-corrected chi connectivity index (χ0v) is 11.9. The molecular weight excluding hydrogens is 302 g/mol. The maximum absolute atomic E-state index is 12.2. The fraction of sp³-hybridized carbons (Fsp3) is 0.154. The summed E-state index contributed by atoms with van der Waals surface area (Å²) in [5.41, 5.74) is -0.104. The second kappa shape index (κ2) is 5.60. The Morgan fingerprint density at radius 1 is 1.30 bits per heavy atom. The molecule has 0 aliphatic heterocycles. The number of carbonyl (C=O) groups is 2. The number of ketones is 1. The minimum atomic E-state index is -1.13. The molecule has 0 aliphatic carbocycles. The monoisotopic (exact) mass is 311 g/mol. The molecular formula is C13H10ClNO4S. The van der Waals surface area contributed by atoms with Crippen LogP contribution in [-0.4, -0.2) is 20.8 Å². The number of aromatic nitrogens is 1. The summed E-state index contributed by atoms with van der Waals surface area (Å²) in [7, 11) is 0. The lowest BCUT2D eigenvalue weighted by atomic mass is 10.1. The number of benzene rings is 1. The van der Waals surface area contributed by atoms with Crippen LogP contribution in [0.15, 0.2) is 35.1 Å². The van der Waals surface area contributed by atoms with Crippen LogP contribution in [0, 0.1) is 0 Å². The zero-order valence-electron chi connectivity index (χ0n) is 10.4. The van der Waals surface area contributed by atoms with Gasteiger partial charge in [-0.1, -0.05) is 23.1 Å². The van der Waals surface area contributed by atoms with E-state index in [1.54, 1.807) is 24.3 Å². The molecule has 7 heteroatoms. The average molecular weight is 312 g/mol. The Bertz CT molecular complexity index is 717. The lowest BCUT2D eigenvalue weighted by Crippen LogP contribution is -2.22. The molecule has 1 aromatic carbocycles.